The molecule has 2 aromatic rings. The summed E-state index contributed by atoms with van der Waals surface area (Å²) in [6.07, 6.45) is 3.10. The van der Waals surface area contributed by atoms with Gasteiger partial charge in [-0.05, 0) is 37.1 Å². The summed E-state index contributed by atoms with van der Waals surface area (Å²) in [5.74, 6) is -0.703. The van der Waals surface area contributed by atoms with Crippen LogP contribution >= 0.6 is 0 Å². The number of carbonyl (C=O) groups is 2. The summed E-state index contributed by atoms with van der Waals surface area (Å²) in [6, 6.07) is 7.67. The van der Waals surface area contributed by atoms with Gasteiger partial charge in [0.1, 0.15) is 23.7 Å². The molecule has 2 aliphatic heterocycles. The van der Waals surface area contributed by atoms with E-state index in [1.165, 1.54) is 12.1 Å². The van der Waals surface area contributed by atoms with Crippen LogP contribution in [0.1, 0.15) is 23.3 Å². The third-order valence-electron chi connectivity index (χ3n) is 5.24. The normalized spacial score (nSPS) is 23.1. The second-order valence-corrected chi connectivity index (χ2v) is 7.10. The first-order valence-corrected chi connectivity index (χ1v) is 8.95. The van der Waals surface area contributed by atoms with E-state index in [1.54, 1.807) is 45.9 Å². The van der Waals surface area contributed by atoms with Crippen molar-refractivity contribution >= 4 is 17.5 Å². The quantitative estimate of drug-likeness (QED) is 0.803. The Morgan fingerprint density at radius 1 is 1.30 bits per heavy atom. The van der Waals surface area contributed by atoms with Crippen LogP contribution in [-0.2, 0) is 16.6 Å². The van der Waals surface area contributed by atoms with Gasteiger partial charge in [-0.25, -0.2) is 4.39 Å². The third kappa shape index (κ3) is 3.32. The van der Waals surface area contributed by atoms with Gasteiger partial charge in [0.15, 0.2) is 0 Å². The van der Waals surface area contributed by atoms with Crippen molar-refractivity contribution in [1.29, 1.82) is 0 Å². The maximum Gasteiger partial charge on any atom is 0.272 e. The summed E-state index contributed by atoms with van der Waals surface area (Å²) in [5.41, 5.74) is 0.380. The Bertz CT molecular complexity index is 883. The van der Waals surface area contributed by atoms with E-state index in [-0.39, 0.29) is 18.4 Å². The zero-order valence-corrected chi connectivity index (χ0v) is 15.1. The monoisotopic (exact) mass is 372 g/mol. The van der Waals surface area contributed by atoms with Gasteiger partial charge in [0.05, 0.1) is 13.1 Å². The zero-order valence-electron chi connectivity index (χ0n) is 15.1. The largest absolute Gasteiger partial charge is 0.361 e. The second-order valence-electron chi connectivity index (χ2n) is 7.10. The number of rotatable bonds is 2. The first-order valence-electron chi connectivity index (χ1n) is 8.95. The van der Waals surface area contributed by atoms with Gasteiger partial charge in [-0.2, -0.15) is 5.10 Å². The van der Waals surface area contributed by atoms with Crippen LogP contribution < -0.4 is 4.90 Å². The Morgan fingerprint density at radius 3 is 2.89 bits per heavy atom. The van der Waals surface area contributed by atoms with E-state index in [2.05, 4.69) is 5.10 Å². The highest BCUT2D eigenvalue weighted by Crippen LogP contribution is 2.32. The molecule has 0 saturated carbocycles. The van der Waals surface area contributed by atoms with Crippen molar-refractivity contribution in [1.82, 2.24) is 14.7 Å². The van der Waals surface area contributed by atoms with Crippen LogP contribution in [0.25, 0.3) is 0 Å². The lowest BCUT2D eigenvalue weighted by Gasteiger charge is -2.47. The number of morpholine rings is 1. The Balaban J connectivity index is 1.56. The van der Waals surface area contributed by atoms with E-state index in [9.17, 15) is 14.0 Å². The van der Waals surface area contributed by atoms with Crippen LogP contribution in [0.4, 0.5) is 10.1 Å². The van der Waals surface area contributed by atoms with Crippen molar-refractivity contribution in [2.45, 2.75) is 18.4 Å². The number of nitrogens with zero attached hydrogens (tertiary/aromatic N) is 4. The van der Waals surface area contributed by atoms with E-state index in [0.717, 1.165) is 12.8 Å². The smallest absolute Gasteiger partial charge is 0.272 e. The van der Waals surface area contributed by atoms with Crippen LogP contribution in [0.3, 0.4) is 0 Å². The van der Waals surface area contributed by atoms with E-state index < -0.39 is 11.4 Å². The van der Waals surface area contributed by atoms with Gasteiger partial charge in [0.25, 0.3) is 11.8 Å². The highest BCUT2D eigenvalue weighted by atomic mass is 19.1. The maximum atomic E-state index is 13.6. The number of piperidine rings is 1. The second kappa shape index (κ2) is 6.77. The van der Waals surface area contributed by atoms with Gasteiger partial charge < -0.3 is 14.5 Å². The molecule has 1 aromatic heterocycles. The van der Waals surface area contributed by atoms with Crippen molar-refractivity contribution < 1.29 is 18.7 Å². The number of aryl methyl sites for hydroxylation is 1. The van der Waals surface area contributed by atoms with E-state index in [1.807, 2.05) is 0 Å². The van der Waals surface area contributed by atoms with Crippen molar-refractivity contribution in [3.63, 3.8) is 0 Å². The summed E-state index contributed by atoms with van der Waals surface area (Å²) < 4.78 is 21.1. The zero-order chi connectivity index (χ0) is 19.0. The molecule has 7 nitrogen and oxygen atoms in total. The number of carbonyl (C=O) groups excluding carboxylic acids is 2. The molecule has 2 amide bonds. The molecular weight excluding hydrogens is 351 g/mol. The standard InChI is InChI=1S/C19H21FN4O3/c1-22-16(6-8-21-22)18(26)23-9-3-7-19(12-23)13-24(17(25)11-27-19)15-5-2-4-14(20)10-15/h2,4-6,8,10H,3,7,9,11-13H2,1H3. The van der Waals surface area contributed by atoms with Crippen LogP contribution in [-0.4, -0.2) is 58.3 Å². The molecule has 0 radical (unpaired) electrons. The van der Waals surface area contributed by atoms with Crippen LogP contribution in [0.5, 0.6) is 0 Å². The number of likely N-dealkylation sites (tertiary alicyclic amines) is 1. The van der Waals surface area contributed by atoms with E-state index >= 15 is 0 Å². The number of halogens is 1. The average Bonchev–Trinajstić information content (AvgIpc) is 3.09. The van der Waals surface area contributed by atoms with Crippen molar-refractivity contribution in [3.8, 4) is 0 Å². The van der Waals surface area contributed by atoms with Crippen molar-refractivity contribution in [3.05, 3.63) is 48.0 Å². The van der Waals surface area contributed by atoms with E-state index in [4.69, 9.17) is 4.74 Å². The minimum atomic E-state index is -0.646. The van der Waals surface area contributed by atoms with Gasteiger partial charge >= 0.3 is 0 Å². The number of anilines is 1. The van der Waals surface area contributed by atoms with E-state index in [0.29, 0.717) is 31.0 Å². The Labute approximate surface area is 156 Å². The van der Waals surface area contributed by atoms with Gasteiger partial charge in [-0.1, -0.05) is 6.07 Å². The minimum absolute atomic E-state index is 0.0791. The molecule has 3 heterocycles. The van der Waals surface area contributed by atoms with Crippen LogP contribution in [0.15, 0.2) is 36.5 Å². The molecule has 2 saturated heterocycles. The number of hydrogen-bond acceptors (Lipinski definition) is 4. The Morgan fingerprint density at radius 2 is 2.15 bits per heavy atom. The molecule has 1 unspecified atom stereocenters. The topological polar surface area (TPSA) is 67.7 Å². The molecule has 0 bridgehead atoms. The molecule has 1 aromatic carbocycles. The highest BCUT2D eigenvalue weighted by molar-refractivity contribution is 5.95. The molecule has 1 spiro atoms. The van der Waals surface area contributed by atoms with Crippen LogP contribution in [0, 0.1) is 5.82 Å². The Kier molecular flexibility index (Phi) is 4.43. The summed E-state index contributed by atoms with van der Waals surface area (Å²) in [6.45, 7) is 1.23. The molecule has 2 aliphatic rings. The molecule has 1 atom stereocenters. The first-order chi connectivity index (χ1) is 13.0. The number of hydrogen-bond donors (Lipinski definition) is 0. The summed E-state index contributed by atoms with van der Waals surface area (Å²) in [5, 5.41) is 4.06. The maximum absolute atomic E-state index is 13.6. The Hall–Kier alpha value is -2.74. The van der Waals surface area contributed by atoms with Crippen LogP contribution in [0.2, 0.25) is 0 Å². The average molecular weight is 372 g/mol. The highest BCUT2D eigenvalue weighted by Gasteiger charge is 2.44. The number of amides is 2. The number of aromatic nitrogens is 2. The molecule has 4 rings (SSSR count). The summed E-state index contributed by atoms with van der Waals surface area (Å²) in [7, 11) is 1.73. The first kappa shape index (κ1) is 17.7. The molecule has 2 fully saturated rings. The lowest BCUT2D eigenvalue weighted by molar-refractivity contribution is -0.144. The minimum Gasteiger partial charge on any atom is -0.361 e. The number of ether oxygens (including phenoxy) is 1. The molecular formula is C19H21FN4O3. The molecule has 0 N–H and O–H groups in total. The predicted octanol–water partition coefficient (Wildman–Crippen LogP) is 1.60. The van der Waals surface area contributed by atoms with Gasteiger partial charge in [0, 0.05) is 25.5 Å². The van der Waals surface area contributed by atoms with Gasteiger partial charge in [-0.3, -0.25) is 14.3 Å². The predicted molar refractivity (Wildman–Crippen MR) is 95.8 cm³/mol. The van der Waals surface area contributed by atoms with Crippen molar-refractivity contribution in [2.24, 2.45) is 7.05 Å². The third-order valence-corrected chi connectivity index (χ3v) is 5.24. The molecule has 8 heteroatoms. The SMILES string of the molecule is Cn1nccc1C(=O)N1CCCC2(C1)CN(c1cccc(F)c1)C(=O)CO2. The molecule has 142 valence electrons. The lowest BCUT2D eigenvalue weighted by Crippen LogP contribution is -2.62. The molecule has 27 heavy (non-hydrogen) atoms. The van der Waals surface area contributed by atoms with Gasteiger partial charge in [-0.15, -0.1) is 0 Å². The van der Waals surface area contributed by atoms with Gasteiger partial charge in [0.2, 0.25) is 0 Å². The summed E-state index contributed by atoms with van der Waals surface area (Å²) >= 11 is 0. The summed E-state index contributed by atoms with van der Waals surface area (Å²) in [4.78, 5) is 28.5. The number of benzene rings is 1. The van der Waals surface area contributed by atoms with Crippen molar-refractivity contribution in [2.75, 3.05) is 31.1 Å². The fraction of sp³-hybridized carbons (Fsp3) is 0.421. The fourth-order valence-electron chi connectivity index (χ4n) is 3.86. The fourth-order valence-corrected chi connectivity index (χ4v) is 3.86. The molecule has 0 aliphatic carbocycles. The lowest BCUT2D eigenvalue weighted by atomic mass is 9.90.